The maximum Gasteiger partial charge on any atom is 0.127 e. The van der Waals surface area contributed by atoms with E-state index in [1.807, 2.05) is 6.07 Å². The van der Waals surface area contributed by atoms with Gasteiger partial charge in [-0.2, -0.15) is 10.4 Å². The van der Waals surface area contributed by atoms with Crippen molar-refractivity contribution in [2.24, 2.45) is 0 Å². The number of methoxy groups -OCH3 is 1. The van der Waals surface area contributed by atoms with E-state index >= 15 is 0 Å². The van der Waals surface area contributed by atoms with Crippen LogP contribution in [0.5, 0.6) is 0 Å². The van der Waals surface area contributed by atoms with E-state index in [2.05, 4.69) is 5.10 Å². The van der Waals surface area contributed by atoms with Crippen molar-refractivity contribution in [1.29, 1.82) is 5.26 Å². The Morgan fingerprint density at radius 2 is 2.54 bits per heavy atom. The highest BCUT2D eigenvalue weighted by molar-refractivity contribution is 6.29. The van der Waals surface area contributed by atoms with E-state index < -0.39 is 0 Å². The second kappa shape index (κ2) is 4.85. The molecule has 1 rings (SSSR count). The van der Waals surface area contributed by atoms with Crippen LogP contribution in [-0.2, 0) is 17.9 Å². The van der Waals surface area contributed by atoms with Gasteiger partial charge in [0.05, 0.1) is 31.3 Å². The summed E-state index contributed by atoms with van der Waals surface area (Å²) in [5.41, 5.74) is 0.783. The van der Waals surface area contributed by atoms with Crippen LogP contribution in [0.25, 0.3) is 0 Å². The lowest BCUT2D eigenvalue weighted by molar-refractivity contribution is 0.180. The molecule has 1 aromatic rings. The molecule has 70 valence electrons. The van der Waals surface area contributed by atoms with Crippen molar-refractivity contribution in [1.82, 2.24) is 9.78 Å². The molecule has 0 saturated carbocycles. The molecule has 0 atom stereocenters. The van der Waals surface area contributed by atoms with E-state index in [1.54, 1.807) is 17.9 Å². The van der Waals surface area contributed by atoms with Gasteiger partial charge in [0.15, 0.2) is 0 Å². The molecular formula is C8H10ClN3O. The maximum absolute atomic E-state index is 8.37. The lowest BCUT2D eigenvalue weighted by Crippen LogP contribution is -2.00. The second-order valence-electron chi connectivity index (χ2n) is 2.52. The zero-order valence-corrected chi connectivity index (χ0v) is 8.08. The van der Waals surface area contributed by atoms with Gasteiger partial charge in [0.1, 0.15) is 5.15 Å². The van der Waals surface area contributed by atoms with Gasteiger partial charge < -0.3 is 4.74 Å². The predicted molar refractivity (Wildman–Crippen MR) is 48.2 cm³/mol. The van der Waals surface area contributed by atoms with Crippen molar-refractivity contribution in [3.63, 3.8) is 0 Å². The monoisotopic (exact) mass is 199 g/mol. The molecule has 13 heavy (non-hydrogen) atoms. The second-order valence-corrected chi connectivity index (χ2v) is 2.91. The highest BCUT2D eigenvalue weighted by Gasteiger charge is 2.04. The Balaban J connectivity index is 2.67. The molecule has 1 heterocycles. The molecule has 0 saturated heterocycles. The minimum Gasteiger partial charge on any atom is -0.378 e. The van der Waals surface area contributed by atoms with E-state index in [0.717, 1.165) is 5.69 Å². The minimum atomic E-state index is 0.411. The van der Waals surface area contributed by atoms with Crippen LogP contribution in [-0.4, -0.2) is 16.9 Å². The first-order chi connectivity index (χ1) is 6.27. The van der Waals surface area contributed by atoms with Crippen molar-refractivity contribution in [2.75, 3.05) is 7.11 Å². The van der Waals surface area contributed by atoms with Gasteiger partial charge in [-0.15, -0.1) is 0 Å². The van der Waals surface area contributed by atoms with Crippen LogP contribution in [0.3, 0.4) is 0 Å². The van der Waals surface area contributed by atoms with E-state index in [9.17, 15) is 0 Å². The molecule has 4 nitrogen and oxygen atoms in total. The standard InChI is InChI=1S/C8H10ClN3O/c1-13-6-7-5-8(9)12(11-7)4-2-3-10/h5H,2,4,6H2,1H3. The van der Waals surface area contributed by atoms with Crippen LogP contribution in [0, 0.1) is 11.3 Å². The van der Waals surface area contributed by atoms with Gasteiger partial charge in [-0.3, -0.25) is 4.68 Å². The average molecular weight is 200 g/mol. The molecule has 0 unspecified atom stereocenters. The molecule has 0 N–H and O–H groups in total. The molecule has 0 aliphatic carbocycles. The van der Waals surface area contributed by atoms with E-state index in [-0.39, 0.29) is 0 Å². The summed E-state index contributed by atoms with van der Waals surface area (Å²) in [6.07, 6.45) is 0.411. The van der Waals surface area contributed by atoms with E-state index in [1.165, 1.54) is 0 Å². The van der Waals surface area contributed by atoms with Crippen molar-refractivity contribution >= 4 is 11.6 Å². The van der Waals surface area contributed by atoms with Crippen molar-refractivity contribution in [3.05, 3.63) is 16.9 Å². The zero-order valence-electron chi connectivity index (χ0n) is 7.33. The molecule has 0 amide bonds. The van der Waals surface area contributed by atoms with Gasteiger partial charge in [0.25, 0.3) is 0 Å². The summed E-state index contributed by atoms with van der Waals surface area (Å²) in [6.45, 7) is 0.971. The number of ether oxygens (including phenoxy) is 1. The molecule has 0 fully saturated rings. The maximum atomic E-state index is 8.37. The molecule has 5 heteroatoms. The smallest absolute Gasteiger partial charge is 0.127 e. The van der Waals surface area contributed by atoms with Crippen LogP contribution in [0.4, 0.5) is 0 Å². The van der Waals surface area contributed by atoms with Gasteiger partial charge in [0.2, 0.25) is 0 Å². The SMILES string of the molecule is COCc1cc(Cl)n(CCC#N)n1. The number of nitrogens with zero attached hydrogens (tertiary/aromatic N) is 3. The van der Waals surface area contributed by atoms with Crippen LogP contribution in [0.1, 0.15) is 12.1 Å². The average Bonchev–Trinajstić information content (AvgIpc) is 2.44. The Labute approximate surface area is 81.7 Å². The van der Waals surface area contributed by atoms with Crippen LogP contribution >= 0.6 is 11.6 Å². The van der Waals surface area contributed by atoms with E-state index in [0.29, 0.717) is 24.7 Å². The fourth-order valence-corrected chi connectivity index (χ4v) is 1.22. The Morgan fingerprint density at radius 3 is 3.15 bits per heavy atom. The lowest BCUT2D eigenvalue weighted by Gasteiger charge is -1.97. The number of halogens is 1. The summed E-state index contributed by atoms with van der Waals surface area (Å²) < 4.78 is 6.50. The number of hydrogen-bond donors (Lipinski definition) is 0. The summed E-state index contributed by atoms with van der Waals surface area (Å²) in [4.78, 5) is 0. The molecule has 0 bridgehead atoms. The molecule has 0 aromatic carbocycles. The van der Waals surface area contributed by atoms with Gasteiger partial charge >= 0.3 is 0 Å². The Hall–Kier alpha value is -1.05. The highest BCUT2D eigenvalue weighted by Crippen LogP contribution is 2.11. The molecule has 0 radical (unpaired) electrons. The minimum absolute atomic E-state index is 0.411. The third-order valence-electron chi connectivity index (χ3n) is 1.51. The third-order valence-corrected chi connectivity index (χ3v) is 1.81. The van der Waals surface area contributed by atoms with Crippen LogP contribution in [0.15, 0.2) is 6.07 Å². The topological polar surface area (TPSA) is 50.8 Å². The quantitative estimate of drug-likeness (QED) is 0.740. The zero-order chi connectivity index (χ0) is 9.68. The first kappa shape index (κ1) is 10.0. The fourth-order valence-electron chi connectivity index (χ4n) is 0.975. The van der Waals surface area contributed by atoms with Gasteiger partial charge in [-0.05, 0) is 0 Å². The fraction of sp³-hybridized carbons (Fsp3) is 0.500. The Bertz CT molecular complexity index is 316. The summed E-state index contributed by atoms with van der Waals surface area (Å²) >= 11 is 5.85. The number of hydrogen-bond acceptors (Lipinski definition) is 3. The largest absolute Gasteiger partial charge is 0.378 e. The van der Waals surface area contributed by atoms with Crippen molar-refractivity contribution in [2.45, 2.75) is 19.6 Å². The predicted octanol–water partition coefficient (Wildman–Crippen LogP) is 1.60. The molecule has 0 aliphatic rings. The molecule has 0 spiro atoms. The number of nitriles is 1. The number of rotatable bonds is 4. The molecule has 1 aromatic heterocycles. The Kier molecular flexibility index (Phi) is 3.74. The summed E-state index contributed by atoms with van der Waals surface area (Å²) in [5.74, 6) is 0. The summed E-state index contributed by atoms with van der Waals surface area (Å²) in [6, 6.07) is 3.77. The van der Waals surface area contributed by atoms with Gasteiger partial charge in [-0.1, -0.05) is 11.6 Å². The third kappa shape index (κ3) is 2.72. The summed E-state index contributed by atoms with van der Waals surface area (Å²) in [7, 11) is 1.60. The summed E-state index contributed by atoms with van der Waals surface area (Å²) in [5, 5.41) is 13.1. The first-order valence-corrected chi connectivity index (χ1v) is 4.24. The van der Waals surface area contributed by atoms with Crippen molar-refractivity contribution in [3.8, 4) is 6.07 Å². The van der Waals surface area contributed by atoms with Gasteiger partial charge in [0, 0.05) is 13.2 Å². The van der Waals surface area contributed by atoms with Crippen molar-refractivity contribution < 1.29 is 4.74 Å². The lowest BCUT2D eigenvalue weighted by atomic mass is 10.5. The Morgan fingerprint density at radius 1 is 1.77 bits per heavy atom. The first-order valence-electron chi connectivity index (χ1n) is 3.86. The van der Waals surface area contributed by atoms with E-state index in [4.69, 9.17) is 21.6 Å². The number of aryl methyl sites for hydroxylation is 1. The highest BCUT2D eigenvalue weighted by atomic mass is 35.5. The molecular weight excluding hydrogens is 190 g/mol. The van der Waals surface area contributed by atoms with Gasteiger partial charge in [-0.25, -0.2) is 0 Å². The van der Waals surface area contributed by atoms with Crippen LogP contribution < -0.4 is 0 Å². The number of aromatic nitrogens is 2. The molecule has 0 aliphatic heterocycles. The van der Waals surface area contributed by atoms with Crippen LogP contribution in [0.2, 0.25) is 5.15 Å². The normalized spacial score (nSPS) is 9.92.